The summed E-state index contributed by atoms with van der Waals surface area (Å²) in [4.78, 5) is 6.54. The van der Waals surface area contributed by atoms with Crippen molar-refractivity contribution < 1.29 is 17.9 Å². The molecule has 0 aliphatic rings. The van der Waals surface area contributed by atoms with Gasteiger partial charge in [-0.25, -0.2) is 4.98 Å². The van der Waals surface area contributed by atoms with Gasteiger partial charge < -0.3 is 14.5 Å². The molecule has 8 heteroatoms. The first-order valence-electron chi connectivity index (χ1n) is 5.72. The average Bonchev–Trinajstić information content (AvgIpc) is 2.85. The molecule has 2 rings (SSSR count). The summed E-state index contributed by atoms with van der Waals surface area (Å²) in [6.07, 6.45) is 1.26. The second kappa shape index (κ2) is 5.41. The molecule has 20 heavy (non-hydrogen) atoms. The summed E-state index contributed by atoms with van der Waals surface area (Å²) in [6.45, 7) is 1.67. The molecular formula is C12H15N3O4S. The Morgan fingerprint density at radius 2 is 1.75 bits per heavy atom. The summed E-state index contributed by atoms with van der Waals surface area (Å²) in [5, 5.41) is -0.00298. The van der Waals surface area contributed by atoms with Crippen LogP contribution in [0.2, 0.25) is 0 Å². The molecule has 0 aliphatic heterocycles. The zero-order chi connectivity index (χ0) is 14.8. The number of hydrogen-bond donors (Lipinski definition) is 2. The molecular weight excluding hydrogens is 282 g/mol. The molecule has 1 aromatic heterocycles. The number of hydrogen-bond acceptors (Lipinski definition) is 5. The highest BCUT2D eigenvalue weighted by molar-refractivity contribution is 7.92. The van der Waals surface area contributed by atoms with Gasteiger partial charge >= 0.3 is 0 Å². The average molecular weight is 297 g/mol. The zero-order valence-corrected chi connectivity index (χ0v) is 12.1. The van der Waals surface area contributed by atoms with E-state index in [1.807, 2.05) is 0 Å². The Hall–Kier alpha value is -2.22. The predicted octanol–water partition coefficient (Wildman–Crippen LogP) is 1.54. The van der Waals surface area contributed by atoms with Crippen LogP contribution in [0.5, 0.6) is 11.5 Å². The number of H-pyrrole nitrogens is 1. The third-order valence-corrected chi connectivity index (χ3v) is 3.86. The molecule has 108 valence electrons. The molecule has 0 radical (unpaired) electrons. The standard InChI is InChI=1S/C12H15N3O4S/c1-8-13-7-12(14-8)20(16,17)15-9-4-10(18-2)6-11(5-9)19-3/h4-7,15H,1-3H3,(H,13,14). The van der Waals surface area contributed by atoms with Crippen LogP contribution in [-0.2, 0) is 10.0 Å². The number of rotatable bonds is 5. The van der Waals surface area contributed by atoms with Crippen LogP contribution in [0.4, 0.5) is 5.69 Å². The van der Waals surface area contributed by atoms with E-state index < -0.39 is 10.0 Å². The number of nitrogens with one attached hydrogen (secondary N) is 2. The fourth-order valence-electron chi connectivity index (χ4n) is 1.61. The Kier molecular flexibility index (Phi) is 3.84. The molecule has 7 nitrogen and oxygen atoms in total. The molecule has 0 spiro atoms. The maximum absolute atomic E-state index is 12.2. The lowest BCUT2D eigenvalue weighted by Gasteiger charge is -2.10. The third-order valence-electron chi connectivity index (χ3n) is 2.57. The van der Waals surface area contributed by atoms with Crippen LogP contribution in [0.1, 0.15) is 5.82 Å². The number of benzene rings is 1. The van der Waals surface area contributed by atoms with Gasteiger partial charge in [-0.3, -0.25) is 4.72 Å². The summed E-state index contributed by atoms with van der Waals surface area (Å²) >= 11 is 0. The van der Waals surface area contributed by atoms with E-state index >= 15 is 0 Å². The maximum atomic E-state index is 12.2. The zero-order valence-electron chi connectivity index (χ0n) is 11.3. The quantitative estimate of drug-likeness (QED) is 0.873. The van der Waals surface area contributed by atoms with E-state index in [0.717, 1.165) is 0 Å². The highest BCUT2D eigenvalue weighted by Crippen LogP contribution is 2.27. The fourth-order valence-corrected chi connectivity index (χ4v) is 2.62. The molecule has 0 atom stereocenters. The second-order valence-electron chi connectivity index (χ2n) is 4.04. The number of ether oxygens (including phenoxy) is 2. The van der Waals surface area contributed by atoms with Gasteiger partial charge in [0.1, 0.15) is 17.3 Å². The lowest BCUT2D eigenvalue weighted by molar-refractivity contribution is 0.395. The van der Waals surface area contributed by atoms with Crippen molar-refractivity contribution in [2.24, 2.45) is 0 Å². The van der Waals surface area contributed by atoms with Crippen LogP contribution in [0, 0.1) is 6.92 Å². The first kappa shape index (κ1) is 14.2. The Balaban J connectivity index is 2.33. The minimum Gasteiger partial charge on any atom is -0.497 e. The topological polar surface area (TPSA) is 93.3 Å². The van der Waals surface area contributed by atoms with E-state index in [9.17, 15) is 8.42 Å². The molecule has 0 fully saturated rings. The number of aromatic amines is 1. The van der Waals surface area contributed by atoms with Gasteiger partial charge in [-0.05, 0) is 6.92 Å². The van der Waals surface area contributed by atoms with E-state index in [1.165, 1.54) is 20.4 Å². The van der Waals surface area contributed by atoms with Crippen LogP contribution in [0.3, 0.4) is 0 Å². The van der Waals surface area contributed by atoms with E-state index in [-0.39, 0.29) is 5.03 Å². The maximum Gasteiger partial charge on any atom is 0.278 e. The van der Waals surface area contributed by atoms with Gasteiger partial charge in [0, 0.05) is 18.2 Å². The van der Waals surface area contributed by atoms with Gasteiger partial charge in [0.25, 0.3) is 10.0 Å². The smallest absolute Gasteiger partial charge is 0.278 e. The summed E-state index contributed by atoms with van der Waals surface area (Å²) in [7, 11) is -0.739. The largest absolute Gasteiger partial charge is 0.497 e. The van der Waals surface area contributed by atoms with Gasteiger partial charge in [0.2, 0.25) is 0 Å². The number of methoxy groups -OCH3 is 2. The molecule has 2 N–H and O–H groups in total. The van der Waals surface area contributed by atoms with Gasteiger partial charge in [0.15, 0.2) is 5.03 Å². The molecule has 2 aromatic rings. The highest BCUT2D eigenvalue weighted by atomic mass is 32.2. The normalized spacial score (nSPS) is 11.2. The molecule has 0 bridgehead atoms. The number of aromatic nitrogens is 2. The number of sulfonamides is 1. The Labute approximate surface area is 117 Å². The molecule has 0 unspecified atom stereocenters. The van der Waals surface area contributed by atoms with Crippen molar-refractivity contribution in [3.05, 3.63) is 30.2 Å². The first-order valence-corrected chi connectivity index (χ1v) is 7.20. The third kappa shape index (κ3) is 3.02. The van der Waals surface area contributed by atoms with Crippen molar-refractivity contribution in [2.45, 2.75) is 11.9 Å². The van der Waals surface area contributed by atoms with Crippen molar-refractivity contribution in [1.82, 2.24) is 9.97 Å². The minimum absolute atomic E-state index is 0.00298. The molecule has 0 aliphatic carbocycles. The lowest BCUT2D eigenvalue weighted by Crippen LogP contribution is -2.13. The van der Waals surface area contributed by atoms with Crippen molar-refractivity contribution in [2.75, 3.05) is 18.9 Å². The number of anilines is 1. The molecule has 0 amide bonds. The van der Waals surface area contributed by atoms with Crippen molar-refractivity contribution >= 4 is 15.7 Å². The van der Waals surface area contributed by atoms with Gasteiger partial charge in [0.05, 0.1) is 26.1 Å². The van der Waals surface area contributed by atoms with Gasteiger partial charge in [-0.15, -0.1) is 0 Å². The predicted molar refractivity (Wildman–Crippen MR) is 73.7 cm³/mol. The molecule has 1 aromatic carbocycles. The van der Waals surface area contributed by atoms with E-state index in [0.29, 0.717) is 23.0 Å². The van der Waals surface area contributed by atoms with Crippen molar-refractivity contribution in [3.63, 3.8) is 0 Å². The van der Waals surface area contributed by atoms with Crippen LogP contribution >= 0.6 is 0 Å². The SMILES string of the molecule is COc1cc(NS(=O)(=O)c2cnc(C)[nH]2)cc(OC)c1. The first-order chi connectivity index (χ1) is 9.44. The van der Waals surface area contributed by atoms with E-state index in [2.05, 4.69) is 14.7 Å². The van der Waals surface area contributed by atoms with Crippen molar-refractivity contribution in [3.8, 4) is 11.5 Å². The summed E-state index contributed by atoms with van der Waals surface area (Å²) in [5.74, 6) is 1.50. The number of imidazole rings is 1. The van der Waals surface area contributed by atoms with Gasteiger partial charge in [-0.2, -0.15) is 8.42 Å². The monoisotopic (exact) mass is 297 g/mol. The summed E-state index contributed by atoms with van der Waals surface area (Å²) in [5.41, 5.74) is 0.341. The number of nitrogens with zero attached hydrogens (tertiary/aromatic N) is 1. The second-order valence-corrected chi connectivity index (χ2v) is 5.69. The number of aryl methyl sites for hydroxylation is 1. The van der Waals surface area contributed by atoms with Crippen LogP contribution in [-0.4, -0.2) is 32.6 Å². The van der Waals surface area contributed by atoms with Crippen LogP contribution < -0.4 is 14.2 Å². The molecule has 0 saturated heterocycles. The highest BCUT2D eigenvalue weighted by Gasteiger charge is 2.17. The van der Waals surface area contributed by atoms with E-state index in [4.69, 9.17) is 9.47 Å². The van der Waals surface area contributed by atoms with E-state index in [1.54, 1.807) is 25.1 Å². The Bertz CT molecular complexity index is 687. The molecule has 1 heterocycles. The summed E-state index contributed by atoms with van der Waals surface area (Å²) in [6, 6.07) is 4.77. The lowest BCUT2D eigenvalue weighted by atomic mass is 10.3. The van der Waals surface area contributed by atoms with Crippen LogP contribution in [0.15, 0.2) is 29.4 Å². The van der Waals surface area contributed by atoms with Gasteiger partial charge in [-0.1, -0.05) is 0 Å². The minimum atomic E-state index is -3.72. The van der Waals surface area contributed by atoms with Crippen LogP contribution in [0.25, 0.3) is 0 Å². The van der Waals surface area contributed by atoms with Crippen molar-refractivity contribution in [1.29, 1.82) is 0 Å². The Morgan fingerprint density at radius 3 is 2.20 bits per heavy atom. The fraction of sp³-hybridized carbons (Fsp3) is 0.250. The molecule has 0 saturated carbocycles. The summed E-state index contributed by atoms with van der Waals surface area (Å²) < 4.78 is 36.9. The Morgan fingerprint density at radius 1 is 1.15 bits per heavy atom.